The van der Waals surface area contributed by atoms with E-state index in [4.69, 9.17) is 5.11 Å². The normalized spacial score (nSPS) is 10.8. The molecule has 4 heteroatoms. The molecule has 0 aliphatic heterocycles. The first-order chi connectivity index (χ1) is 9.63. The molecular weight excluding hydrogens is 252 g/mol. The molecule has 1 N–H and O–H groups in total. The van der Waals surface area contributed by atoms with Crippen molar-refractivity contribution in [1.82, 2.24) is 9.55 Å². The summed E-state index contributed by atoms with van der Waals surface area (Å²) in [6, 6.07) is 7.66. The van der Waals surface area contributed by atoms with Gasteiger partial charge in [0.2, 0.25) is 0 Å². The molecule has 2 aromatic rings. The van der Waals surface area contributed by atoms with E-state index in [0.717, 1.165) is 11.0 Å². The second kappa shape index (κ2) is 6.48. The van der Waals surface area contributed by atoms with Gasteiger partial charge in [-0.25, -0.2) is 4.98 Å². The summed E-state index contributed by atoms with van der Waals surface area (Å²) in [7, 11) is 0. The number of aliphatic hydroxyl groups excluding tert-OH is 1. The van der Waals surface area contributed by atoms with E-state index in [-0.39, 0.29) is 12.2 Å². The first-order valence-electron chi connectivity index (χ1n) is 6.86. The van der Waals surface area contributed by atoms with E-state index in [1.54, 1.807) is 4.57 Å². The lowest BCUT2D eigenvalue weighted by Crippen LogP contribution is -2.25. The van der Waals surface area contributed by atoms with Crippen LogP contribution < -0.4 is 5.56 Å². The highest BCUT2D eigenvalue weighted by Crippen LogP contribution is 2.11. The fraction of sp³-hybridized carbons (Fsp3) is 0.375. The molecular formula is C16H20N2O2. The standard InChI is InChI=1S/C16H20N2O2/c1-12(2)9-10-18-15-8-4-3-6-13(15)17-14(16(18)20)7-5-11-19/h3-4,6,8-9,19H,5,7,10-11H2,1-2H3. The summed E-state index contributed by atoms with van der Waals surface area (Å²) in [6.45, 7) is 4.65. The van der Waals surface area contributed by atoms with Crippen molar-refractivity contribution in [2.75, 3.05) is 6.61 Å². The molecule has 1 heterocycles. The van der Waals surface area contributed by atoms with E-state index < -0.39 is 0 Å². The second-order valence-corrected chi connectivity index (χ2v) is 5.07. The van der Waals surface area contributed by atoms with Crippen molar-refractivity contribution >= 4 is 11.0 Å². The lowest BCUT2D eigenvalue weighted by molar-refractivity contribution is 0.288. The Bertz CT molecular complexity index is 682. The molecule has 0 bridgehead atoms. The number of allylic oxidation sites excluding steroid dienone is 2. The summed E-state index contributed by atoms with van der Waals surface area (Å²) in [4.78, 5) is 16.9. The van der Waals surface area contributed by atoms with Gasteiger partial charge in [-0.05, 0) is 38.8 Å². The predicted molar refractivity (Wildman–Crippen MR) is 80.8 cm³/mol. The van der Waals surface area contributed by atoms with E-state index in [1.165, 1.54) is 5.57 Å². The first-order valence-corrected chi connectivity index (χ1v) is 6.86. The smallest absolute Gasteiger partial charge is 0.273 e. The predicted octanol–water partition coefficient (Wildman–Crippen LogP) is 2.29. The highest BCUT2D eigenvalue weighted by atomic mass is 16.2. The maximum Gasteiger partial charge on any atom is 0.273 e. The Morgan fingerprint density at radius 2 is 2.10 bits per heavy atom. The summed E-state index contributed by atoms with van der Waals surface area (Å²) in [5.74, 6) is 0. The average molecular weight is 272 g/mol. The van der Waals surface area contributed by atoms with Gasteiger partial charge in [0.25, 0.3) is 5.56 Å². The lowest BCUT2D eigenvalue weighted by atomic mass is 10.2. The molecule has 0 aliphatic carbocycles. The Morgan fingerprint density at radius 1 is 1.35 bits per heavy atom. The maximum absolute atomic E-state index is 12.5. The summed E-state index contributed by atoms with van der Waals surface area (Å²) < 4.78 is 1.75. The molecule has 0 saturated carbocycles. The van der Waals surface area contributed by atoms with Crippen molar-refractivity contribution in [1.29, 1.82) is 0 Å². The van der Waals surface area contributed by atoms with Crippen LogP contribution in [0.4, 0.5) is 0 Å². The first kappa shape index (κ1) is 14.5. The number of aromatic nitrogens is 2. The molecule has 0 saturated heterocycles. The van der Waals surface area contributed by atoms with Crippen LogP contribution in [0, 0.1) is 0 Å². The number of nitrogens with zero attached hydrogens (tertiary/aromatic N) is 2. The molecule has 20 heavy (non-hydrogen) atoms. The average Bonchev–Trinajstić information content (AvgIpc) is 2.44. The molecule has 0 spiro atoms. The molecule has 2 rings (SSSR count). The third kappa shape index (κ3) is 3.14. The molecule has 4 nitrogen and oxygen atoms in total. The van der Waals surface area contributed by atoms with E-state index in [0.29, 0.717) is 25.1 Å². The van der Waals surface area contributed by atoms with Gasteiger partial charge in [0.15, 0.2) is 0 Å². The van der Waals surface area contributed by atoms with Gasteiger partial charge >= 0.3 is 0 Å². The van der Waals surface area contributed by atoms with Gasteiger partial charge in [0, 0.05) is 13.2 Å². The van der Waals surface area contributed by atoms with Gasteiger partial charge in [0.1, 0.15) is 5.69 Å². The van der Waals surface area contributed by atoms with Crippen LogP contribution in [0.25, 0.3) is 11.0 Å². The van der Waals surface area contributed by atoms with Crippen molar-refractivity contribution in [3.63, 3.8) is 0 Å². The molecule has 106 valence electrons. The van der Waals surface area contributed by atoms with Gasteiger partial charge < -0.3 is 9.67 Å². The highest BCUT2D eigenvalue weighted by molar-refractivity contribution is 5.74. The van der Waals surface area contributed by atoms with Gasteiger partial charge in [0.05, 0.1) is 11.0 Å². The zero-order chi connectivity index (χ0) is 14.5. The van der Waals surface area contributed by atoms with Crippen molar-refractivity contribution in [3.8, 4) is 0 Å². The van der Waals surface area contributed by atoms with Crippen LogP contribution in [-0.4, -0.2) is 21.3 Å². The fourth-order valence-electron chi connectivity index (χ4n) is 2.11. The Morgan fingerprint density at radius 3 is 2.80 bits per heavy atom. The monoisotopic (exact) mass is 272 g/mol. The topological polar surface area (TPSA) is 55.1 Å². The Balaban J connectivity index is 2.58. The summed E-state index contributed by atoms with van der Waals surface area (Å²) in [6.07, 6.45) is 3.10. The molecule has 0 atom stereocenters. The molecule has 0 aliphatic rings. The van der Waals surface area contributed by atoms with E-state index in [9.17, 15) is 4.79 Å². The maximum atomic E-state index is 12.5. The van der Waals surface area contributed by atoms with Crippen LogP contribution in [0.5, 0.6) is 0 Å². The minimum atomic E-state index is -0.0605. The van der Waals surface area contributed by atoms with Crippen LogP contribution in [0.3, 0.4) is 0 Å². The number of hydrogen-bond acceptors (Lipinski definition) is 3. The van der Waals surface area contributed by atoms with Crippen LogP contribution in [0.1, 0.15) is 26.0 Å². The molecule has 0 unspecified atom stereocenters. The number of aryl methyl sites for hydroxylation is 1. The minimum Gasteiger partial charge on any atom is -0.396 e. The van der Waals surface area contributed by atoms with E-state index >= 15 is 0 Å². The Labute approximate surface area is 118 Å². The van der Waals surface area contributed by atoms with Crippen LogP contribution in [0.15, 0.2) is 40.7 Å². The fourth-order valence-corrected chi connectivity index (χ4v) is 2.11. The van der Waals surface area contributed by atoms with Crippen LogP contribution in [0.2, 0.25) is 0 Å². The van der Waals surface area contributed by atoms with Crippen molar-refractivity contribution in [2.24, 2.45) is 0 Å². The SMILES string of the molecule is CC(C)=CCn1c(=O)c(CCCO)nc2ccccc21. The summed E-state index contributed by atoms with van der Waals surface area (Å²) in [5.41, 5.74) is 3.31. The summed E-state index contributed by atoms with van der Waals surface area (Å²) >= 11 is 0. The molecule has 0 amide bonds. The zero-order valence-corrected chi connectivity index (χ0v) is 12.0. The number of hydrogen-bond donors (Lipinski definition) is 1. The number of para-hydroxylation sites is 2. The number of rotatable bonds is 5. The van der Waals surface area contributed by atoms with E-state index in [1.807, 2.05) is 44.2 Å². The molecule has 0 fully saturated rings. The molecule has 1 aromatic heterocycles. The molecule has 1 aromatic carbocycles. The van der Waals surface area contributed by atoms with Crippen molar-refractivity contribution in [2.45, 2.75) is 33.2 Å². The van der Waals surface area contributed by atoms with Gasteiger partial charge in [-0.2, -0.15) is 0 Å². The van der Waals surface area contributed by atoms with E-state index in [2.05, 4.69) is 4.98 Å². The van der Waals surface area contributed by atoms with Crippen LogP contribution >= 0.6 is 0 Å². The van der Waals surface area contributed by atoms with Crippen molar-refractivity contribution in [3.05, 3.63) is 52.0 Å². The third-order valence-electron chi connectivity index (χ3n) is 3.17. The Hall–Kier alpha value is -1.94. The minimum absolute atomic E-state index is 0.0605. The largest absolute Gasteiger partial charge is 0.396 e. The Kier molecular flexibility index (Phi) is 4.69. The highest BCUT2D eigenvalue weighted by Gasteiger charge is 2.09. The zero-order valence-electron chi connectivity index (χ0n) is 12.0. The lowest BCUT2D eigenvalue weighted by Gasteiger charge is -2.10. The third-order valence-corrected chi connectivity index (χ3v) is 3.17. The van der Waals surface area contributed by atoms with Gasteiger partial charge in [-0.3, -0.25) is 4.79 Å². The second-order valence-electron chi connectivity index (χ2n) is 5.07. The quantitative estimate of drug-likeness (QED) is 0.850. The number of aliphatic hydroxyl groups is 1. The van der Waals surface area contributed by atoms with Gasteiger partial charge in [-0.1, -0.05) is 23.8 Å². The van der Waals surface area contributed by atoms with Crippen LogP contribution in [-0.2, 0) is 13.0 Å². The summed E-state index contributed by atoms with van der Waals surface area (Å²) in [5, 5.41) is 8.93. The van der Waals surface area contributed by atoms with Crippen molar-refractivity contribution < 1.29 is 5.11 Å². The van der Waals surface area contributed by atoms with Gasteiger partial charge in [-0.15, -0.1) is 0 Å². The number of fused-ring (bicyclic) bond motifs is 1. The number of benzene rings is 1. The molecule has 0 radical (unpaired) electrons.